The molecule has 0 saturated carbocycles. The lowest BCUT2D eigenvalue weighted by molar-refractivity contribution is -0.142. The van der Waals surface area contributed by atoms with E-state index in [1.54, 1.807) is 6.92 Å². The highest BCUT2D eigenvalue weighted by atomic mass is 16.4. The van der Waals surface area contributed by atoms with Crippen molar-refractivity contribution in [2.45, 2.75) is 32.3 Å². The zero-order valence-electron chi connectivity index (χ0n) is 9.47. The topological polar surface area (TPSA) is 57.5 Å². The number of hydrogen-bond acceptors (Lipinski definition) is 2. The maximum Gasteiger partial charge on any atom is 0.306 e. The molecule has 2 unspecified atom stereocenters. The van der Waals surface area contributed by atoms with Crippen molar-refractivity contribution >= 4 is 5.97 Å². The van der Waals surface area contributed by atoms with Crippen LogP contribution in [0.3, 0.4) is 0 Å². The molecule has 0 aromatic heterocycles. The van der Waals surface area contributed by atoms with Crippen molar-refractivity contribution in [3.63, 3.8) is 0 Å². The standard InChI is InChI=1S/C13H18O3/c1-10(14)7-8-12(13(15)16)9-11-5-3-2-4-6-11/h2-6,10,12,14H,7-9H2,1H3,(H,15,16). The first-order valence-electron chi connectivity index (χ1n) is 5.54. The summed E-state index contributed by atoms with van der Waals surface area (Å²) in [5, 5.41) is 18.2. The van der Waals surface area contributed by atoms with Gasteiger partial charge in [0.05, 0.1) is 12.0 Å². The first kappa shape index (κ1) is 12.7. The summed E-state index contributed by atoms with van der Waals surface area (Å²) in [4.78, 5) is 11.0. The van der Waals surface area contributed by atoms with E-state index in [4.69, 9.17) is 10.2 Å². The Kier molecular flexibility index (Phi) is 4.99. The summed E-state index contributed by atoms with van der Waals surface area (Å²) in [7, 11) is 0. The van der Waals surface area contributed by atoms with Gasteiger partial charge in [0.2, 0.25) is 0 Å². The minimum absolute atomic E-state index is 0.406. The zero-order valence-corrected chi connectivity index (χ0v) is 9.47. The van der Waals surface area contributed by atoms with Gasteiger partial charge in [0, 0.05) is 0 Å². The van der Waals surface area contributed by atoms with E-state index in [1.807, 2.05) is 30.3 Å². The Morgan fingerprint density at radius 3 is 2.38 bits per heavy atom. The average Bonchev–Trinajstić information content (AvgIpc) is 2.25. The van der Waals surface area contributed by atoms with Crippen molar-refractivity contribution in [1.82, 2.24) is 0 Å². The molecule has 1 aromatic carbocycles. The quantitative estimate of drug-likeness (QED) is 0.774. The van der Waals surface area contributed by atoms with E-state index >= 15 is 0 Å². The van der Waals surface area contributed by atoms with Crippen LogP contribution in [0, 0.1) is 5.92 Å². The number of carboxylic acid groups (broad SMARTS) is 1. The Bertz CT molecular complexity index is 319. The Balaban J connectivity index is 2.55. The van der Waals surface area contributed by atoms with Gasteiger partial charge in [-0.15, -0.1) is 0 Å². The molecule has 2 atom stereocenters. The van der Waals surface area contributed by atoms with Gasteiger partial charge in [-0.05, 0) is 31.7 Å². The van der Waals surface area contributed by atoms with Crippen LogP contribution in [0.5, 0.6) is 0 Å². The smallest absolute Gasteiger partial charge is 0.306 e. The van der Waals surface area contributed by atoms with Crippen LogP contribution in [0.25, 0.3) is 0 Å². The molecule has 0 fully saturated rings. The molecule has 0 bridgehead atoms. The summed E-state index contributed by atoms with van der Waals surface area (Å²) in [5.74, 6) is -1.19. The average molecular weight is 222 g/mol. The number of rotatable bonds is 6. The van der Waals surface area contributed by atoms with Crippen molar-refractivity contribution in [2.75, 3.05) is 0 Å². The van der Waals surface area contributed by atoms with Gasteiger partial charge in [0.1, 0.15) is 0 Å². The fourth-order valence-corrected chi connectivity index (χ4v) is 1.65. The largest absolute Gasteiger partial charge is 0.481 e. The van der Waals surface area contributed by atoms with E-state index in [0.29, 0.717) is 19.3 Å². The second-order valence-corrected chi connectivity index (χ2v) is 4.15. The molecule has 1 rings (SSSR count). The number of aliphatic carboxylic acids is 1. The molecule has 0 heterocycles. The molecule has 0 aliphatic rings. The third kappa shape index (κ3) is 4.45. The van der Waals surface area contributed by atoms with E-state index in [9.17, 15) is 4.79 Å². The number of aliphatic hydroxyl groups excluding tert-OH is 1. The van der Waals surface area contributed by atoms with Gasteiger partial charge in [-0.25, -0.2) is 0 Å². The minimum atomic E-state index is -0.787. The molecule has 3 nitrogen and oxygen atoms in total. The summed E-state index contributed by atoms with van der Waals surface area (Å²) in [5.41, 5.74) is 1.03. The Hall–Kier alpha value is -1.35. The minimum Gasteiger partial charge on any atom is -0.481 e. The normalized spacial score (nSPS) is 14.4. The third-order valence-electron chi connectivity index (χ3n) is 2.61. The molecular formula is C13H18O3. The molecule has 0 spiro atoms. The van der Waals surface area contributed by atoms with Gasteiger partial charge in [-0.1, -0.05) is 30.3 Å². The van der Waals surface area contributed by atoms with Crippen molar-refractivity contribution in [1.29, 1.82) is 0 Å². The molecule has 88 valence electrons. The summed E-state index contributed by atoms with van der Waals surface area (Å²) in [6.45, 7) is 1.68. The molecule has 0 aliphatic carbocycles. The Morgan fingerprint density at radius 2 is 1.88 bits per heavy atom. The monoisotopic (exact) mass is 222 g/mol. The van der Waals surface area contributed by atoms with E-state index in [-0.39, 0.29) is 0 Å². The first-order chi connectivity index (χ1) is 7.59. The van der Waals surface area contributed by atoms with E-state index in [1.165, 1.54) is 0 Å². The van der Waals surface area contributed by atoms with Crippen LogP contribution < -0.4 is 0 Å². The number of hydrogen-bond donors (Lipinski definition) is 2. The van der Waals surface area contributed by atoms with Crippen LogP contribution in [0.15, 0.2) is 30.3 Å². The van der Waals surface area contributed by atoms with Crippen LogP contribution >= 0.6 is 0 Å². The van der Waals surface area contributed by atoms with Gasteiger partial charge in [-0.2, -0.15) is 0 Å². The van der Waals surface area contributed by atoms with Gasteiger partial charge in [0.25, 0.3) is 0 Å². The molecule has 16 heavy (non-hydrogen) atoms. The lowest BCUT2D eigenvalue weighted by Gasteiger charge is -2.13. The summed E-state index contributed by atoms with van der Waals surface area (Å²) in [6.07, 6.45) is 1.15. The predicted molar refractivity (Wildman–Crippen MR) is 62.2 cm³/mol. The molecular weight excluding hydrogens is 204 g/mol. The number of carboxylic acids is 1. The lowest BCUT2D eigenvalue weighted by atomic mass is 9.94. The molecule has 0 radical (unpaired) electrons. The maximum absolute atomic E-state index is 11.0. The van der Waals surface area contributed by atoms with Crippen LogP contribution in [-0.2, 0) is 11.2 Å². The fraction of sp³-hybridized carbons (Fsp3) is 0.462. The van der Waals surface area contributed by atoms with Crippen molar-refractivity contribution in [2.24, 2.45) is 5.92 Å². The predicted octanol–water partition coefficient (Wildman–Crippen LogP) is 2.09. The Morgan fingerprint density at radius 1 is 1.25 bits per heavy atom. The summed E-state index contributed by atoms with van der Waals surface area (Å²) in [6, 6.07) is 9.58. The van der Waals surface area contributed by atoms with Crippen molar-refractivity contribution < 1.29 is 15.0 Å². The number of aliphatic hydroxyl groups is 1. The molecule has 1 aromatic rings. The number of benzene rings is 1. The Labute approximate surface area is 95.7 Å². The highest BCUT2D eigenvalue weighted by molar-refractivity contribution is 5.70. The zero-order chi connectivity index (χ0) is 12.0. The van der Waals surface area contributed by atoms with Crippen LogP contribution in [-0.4, -0.2) is 22.3 Å². The molecule has 0 saturated heterocycles. The molecule has 3 heteroatoms. The molecule has 2 N–H and O–H groups in total. The third-order valence-corrected chi connectivity index (χ3v) is 2.61. The van der Waals surface area contributed by atoms with E-state index in [0.717, 1.165) is 5.56 Å². The van der Waals surface area contributed by atoms with E-state index < -0.39 is 18.0 Å². The van der Waals surface area contributed by atoms with Crippen LogP contribution in [0.2, 0.25) is 0 Å². The van der Waals surface area contributed by atoms with Crippen LogP contribution in [0.1, 0.15) is 25.3 Å². The molecule has 0 aliphatic heterocycles. The van der Waals surface area contributed by atoms with E-state index in [2.05, 4.69) is 0 Å². The van der Waals surface area contributed by atoms with Crippen molar-refractivity contribution in [3.05, 3.63) is 35.9 Å². The lowest BCUT2D eigenvalue weighted by Crippen LogP contribution is -2.18. The number of carbonyl (C=O) groups is 1. The summed E-state index contributed by atoms with van der Waals surface area (Å²) < 4.78 is 0. The summed E-state index contributed by atoms with van der Waals surface area (Å²) >= 11 is 0. The van der Waals surface area contributed by atoms with Gasteiger partial charge in [0.15, 0.2) is 0 Å². The molecule has 0 amide bonds. The van der Waals surface area contributed by atoms with Crippen molar-refractivity contribution in [3.8, 4) is 0 Å². The fourth-order valence-electron chi connectivity index (χ4n) is 1.65. The van der Waals surface area contributed by atoms with Gasteiger partial charge < -0.3 is 10.2 Å². The first-order valence-corrected chi connectivity index (χ1v) is 5.54. The SMILES string of the molecule is CC(O)CCC(Cc1ccccc1)C(=O)O. The highest BCUT2D eigenvalue weighted by Crippen LogP contribution is 2.15. The second kappa shape index (κ2) is 6.28. The second-order valence-electron chi connectivity index (χ2n) is 4.15. The van der Waals surface area contributed by atoms with Crippen LogP contribution in [0.4, 0.5) is 0 Å². The van der Waals surface area contributed by atoms with Gasteiger partial charge in [-0.3, -0.25) is 4.79 Å². The highest BCUT2D eigenvalue weighted by Gasteiger charge is 2.18. The van der Waals surface area contributed by atoms with Gasteiger partial charge >= 0.3 is 5.97 Å². The maximum atomic E-state index is 11.0.